The summed E-state index contributed by atoms with van der Waals surface area (Å²) in [5.41, 5.74) is -1.16. The Hall–Kier alpha value is -1.71. The van der Waals surface area contributed by atoms with Crippen LogP contribution in [0.25, 0.3) is 0 Å². The van der Waals surface area contributed by atoms with Gasteiger partial charge < -0.3 is 24.4 Å². The van der Waals surface area contributed by atoms with Gasteiger partial charge in [-0.1, -0.05) is 67.8 Å². The molecule has 1 saturated carbocycles. The minimum atomic E-state index is -1.16. The lowest BCUT2D eigenvalue weighted by atomic mass is 9.70. The molecule has 3 saturated heterocycles. The Labute approximate surface area is 228 Å². The summed E-state index contributed by atoms with van der Waals surface area (Å²) >= 11 is 3.69. The largest absolute Gasteiger partial charge is 0.461 e. The molecule has 1 spiro atoms. The van der Waals surface area contributed by atoms with Crippen molar-refractivity contribution in [1.29, 1.82) is 0 Å². The summed E-state index contributed by atoms with van der Waals surface area (Å²) in [6, 6.07) is -1.42. The lowest BCUT2D eigenvalue weighted by Crippen LogP contribution is -2.60. The number of alkyl halides is 1. The topological polar surface area (TPSA) is 96.4 Å². The third-order valence-corrected chi connectivity index (χ3v) is 9.39. The van der Waals surface area contributed by atoms with Crippen molar-refractivity contribution in [3.05, 3.63) is 25.3 Å². The van der Waals surface area contributed by atoms with Gasteiger partial charge >= 0.3 is 5.97 Å². The molecule has 0 aromatic carbocycles. The van der Waals surface area contributed by atoms with E-state index in [0.717, 1.165) is 32.1 Å². The highest BCUT2D eigenvalue weighted by molar-refractivity contribution is 9.09. The predicted molar refractivity (Wildman–Crippen MR) is 143 cm³/mol. The Balaban J connectivity index is 1.79. The number of hydrogen-bond donors (Lipinski definition) is 1. The highest BCUT2D eigenvalue weighted by Crippen LogP contribution is 2.61. The minimum Gasteiger partial charge on any atom is -0.461 e. The van der Waals surface area contributed by atoms with Crippen molar-refractivity contribution >= 4 is 33.7 Å². The number of aliphatic hydroxyl groups is 1. The van der Waals surface area contributed by atoms with E-state index >= 15 is 0 Å². The van der Waals surface area contributed by atoms with Crippen LogP contribution in [0.4, 0.5) is 0 Å². The first-order chi connectivity index (χ1) is 17.7. The molecule has 4 aliphatic rings. The van der Waals surface area contributed by atoms with Crippen LogP contribution < -0.4 is 0 Å². The standard InChI is InChI=1S/C28H41BrN2O6/c1-5-12-30(18-10-8-7-9-11-18)26(34)24-28-15-20(29)23(37-28)21(27(35)36-13-6-2)22(28)25(33)31(24)19(16-32)14-17(3)4/h5-6,17-24,32H,1-2,7-16H2,3-4H3/t19-,20?,21+,22+,23+,24?,28?/m1/s1. The first kappa shape index (κ1) is 28.3. The van der Waals surface area contributed by atoms with Crippen molar-refractivity contribution in [2.75, 3.05) is 19.8 Å². The zero-order chi connectivity index (χ0) is 26.9. The molecule has 37 heavy (non-hydrogen) atoms. The van der Waals surface area contributed by atoms with E-state index in [1.165, 1.54) is 6.08 Å². The molecule has 0 radical (unpaired) electrons. The zero-order valence-corrected chi connectivity index (χ0v) is 23.6. The van der Waals surface area contributed by atoms with Crippen LogP contribution in [0.15, 0.2) is 25.3 Å². The highest BCUT2D eigenvalue weighted by atomic mass is 79.9. The molecule has 206 valence electrons. The third-order valence-electron chi connectivity index (χ3n) is 8.55. The molecule has 4 rings (SSSR count). The Bertz CT molecular complexity index is 905. The maximum Gasteiger partial charge on any atom is 0.312 e. The number of halogens is 1. The van der Waals surface area contributed by atoms with Crippen LogP contribution in [0.5, 0.6) is 0 Å². The van der Waals surface area contributed by atoms with E-state index in [2.05, 4.69) is 29.1 Å². The number of carbonyl (C=O) groups excluding carboxylic acids is 3. The summed E-state index contributed by atoms with van der Waals surface area (Å²) < 4.78 is 12.0. The van der Waals surface area contributed by atoms with Crippen molar-refractivity contribution in [3.8, 4) is 0 Å². The van der Waals surface area contributed by atoms with E-state index in [4.69, 9.17) is 9.47 Å². The lowest BCUT2D eigenvalue weighted by Gasteiger charge is -2.42. The number of rotatable bonds is 11. The molecule has 7 atom stereocenters. The van der Waals surface area contributed by atoms with Gasteiger partial charge in [0, 0.05) is 17.4 Å². The molecule has 2 bridgehead atoms. The molecule has 2 amide bonds. The molecule has 1 N–H and O–H groups in total. The Morgan fingerprint density at radius 2 is 1.97 bits per heavy atom. The second-order valence-electron chi connectivity index (χ2n) is 11.4. The maximum absolute atomic E-state index is 14.6. The molecule has 3 unspecified atom stereocenters. The maximum atomic E-state index is 14.6. The predicted octanol–water partition coefficient (Wildman–Crippen LogP) is 3.22. The van der Waals surface area contributed by atoms with Crippen LogP contribution in [0.1, 0.15) is 58.8 Å². The number of carbonyl (C=O) groups is 3. The van der Waals surface area contributed by atoms with Gasteiger partial charge in [0.25, 0.3) is 0 Å². The number of hydrogen-bond acceptors (Lipinski definition) is 6. The number of ether oxygens (including phenoxy) is 2. The SMILES string of the molecule is C=CCOC(=O)[C@H]1[C@H]2C(=O)N([C@@H](CO)CC(C)C)C(C(=O)N(CC=C)C3CCCCC3)C23CC(Br)[C@@H]1O3. The molecule has 3 aliphatic heterocycles. The summed E-state index contributed by atoms with van der Waals surface area (Å²) in [4.78, 5) is 45.2. The number of fused-ring (bicyclic) bond motifs is 1. The van der Waals surface area contributed by atoms with Gasteiger partial charge in [0.2, 0.25) is 11.8 Å². The van der Waals surface area contributed by atoms with Crippen LogP contribution in [0, 0.1) is 17.8 Å². The van der Waals surface area contributed by atoms with Crippen molar-refractivity contribution < 1.29 is 29.0 Å². The van der Waals surface area contributed by atoms with Gasteiger partial charge in [-0.05, 0) is 31.6 Å². The zero-order valence-electron chi connectivity index (χ0n) is 22.0. The van der Waals surface area contributed by atoms with E-state index in [1.54, 1.807) is 11.0 Å². The summed E-state index contributed by atoms with van der Waals surface area (Å²) in [7, 11) is 0. The van der Waals surface area contributed by atoms with Gasteiger partial charge in [0.15, 0.2) is 0 Å². The third kappa shape index (κ3) is 4.91. The summed E-state index contributed by atoms with van der Waals surface area (Å²) in [6.45, 7) is 11.7. The molecular weight excluding hydrogens is 540 g/mol. The van der Waals surface area contributed by atoms with E-state index in [1.807, 2.05) is 18.7 Å². The van der Waals surface area contributed by atoms with Gasteiger partial charge in [-0.15, -0.1) is 6.58 Å². The van der Waals surface area contributed by atoms with E-state index in [9.17, 15) is 19.5 Å². The second-order valence-corrected chi connectivity index (χ2v) is 12.5. The Morgan fingerprint density at radius 3 is 2.57 bits per heavy atom. The normalized spacial score (nSPS) is 33.9. The van der Waals surface area contributed by atoms with E-state index in [-0.39, 0.29) is 41.8 Å². The summed E-state index contributed by atoms with van der Waals surface area (Å²) in [5, 5.41) is 10.4. The fraction of sp³-hybridized carbons (Fsp3) is 0.750. The molecular formula is C28H41BrN2O6. The first-order valence-corrected chi connectivity index (χ1v) is 14.6. The van der Waals surface area contributed by atoms with Gasteiger partial charge in [0.05, 0.1) is 30.6 Å². The minimum absolute atomic E-state index is 0.0381. The Morgan fingerprint density at radius 1 is 1.27 bits per heavy atom. The second kappa shape index (κ2) is 11.6. The number of amides is 2. The van der Waals surface area contributed by atoms with Crippen LogP contribution in [-0.2, 0) is 23.9 Å². The molecule has 0 aromatic rings. The fourth-order valence-electron chi connectivity index (χ4n) is 7.17. The number of likely N-dealkylation sites (tertiary alicyclic amines) is 1. The van der Waals surface area contributed by atoms with Crippen molar-refractivity contribution in [2.24, 2.45) is 17.8 Å². The van der Waals surface area contributed by atoms with Gasteiger partial charge in [-0.3, -0.25) is 14.4 Å². The quantitative estimate of drug-likeness (QED) is 0.229. The Kier molecular flexibility index (Phi) is 8.86. The number of aliphatic hydroxyl groups excluding tert-OH is 1. The average molecular weight is 582 g/mol. The van der Waals surface area contributed by atoms with Crippen molar-refractivity contribution in [1.82, 2.24) is 9.80 Å². The van der Waals surface area contributed by atoms with Crippen molar-refractivity contribution in [3.63, 3.8) is 0 Å². The highest BCUT2D eigenvalue weighted by Gasteiger charge is 2.77. The van der Waals surface area contributed by atoms with Crippen molar-refractivity contribution in [2.45, 2.75) is 93.5 Å². The number of nitrogens with zero attached hydrogens (tertiary/aromatic N) is 2. The molecule has 4 fully saturated rings. The van der Waals surface area contributed by atoms with Gasteiger partial charge in [-0.2, -0.15) is 0 Å². The first-order valence-electron chi connectivity index (χ1n) is 13.7. The van der Waals surface area contributed by atoms with E-state index in [0.29, 0.717) is 19.4 Å². The molecule has 3 heterocycles. The fourth-order valence-corrected chi connectivity index (χ4v) is 8.12. The van der Waals surface area contributed by atoms with Gasteiger partial charge in [-0.25, -0.2) is 0 Å². The van der Waals surface area contributed by atoms with Crippen LogP contribution in [-0.4, -0.2) is 87.1 Å². The van der Waals surface area contributed by atoms with E-state index < -0.39 is 41.6 Å². The van der Waals surface area contributed by atoms with Crippen LogP contribution in [0.3, 0.4) is 0 Å². The smallest absolute Gasteiger partial charge is 0.312 e. The van der Waals surface area contributed by atoms with Gasteiger partial charge in [0.1, 0.15) is 18.2 Å². The molecule has 9 heteroatoms. The lowest BCUT2D eigenvalue weighted by molar-refractivity contribution is -0.156. The summed E-state index contributed by atoms with van der Waals surface area (Å²) in [5.74, 6) is -2.46. The molecule has 0 aromatic heterocycles. The summed E-state index contributed by atoms with van der Waals surface area (Å²) in [6.07, 6.45) is 8.70. The monoisotopic (exact) mass is 580 g/mol. The van der Waals surface area contributed by atoms with Crippen LogP contribution >= 0.6 is 15.9 Å². The number of esters is 1. The molecule has 8 nitrogen and oxygen atoms in total. The van der Waals surface area contributed by atoms with Crippen LogP contribution in [0.2, 0.25) is 0 Å². The average Bonchev–Trinajstić information content (AvgIpc) is 3.47. The molecule has 1 aliphatic carbocycles.